The van der Waals surface area contributed by atoms with Gasteiger partial charge in [0.05, 0.1) is 5.69 Å². The number of aromatic nitrogens is 1. The van der Waals surface area contributed by atoms with E-state index in [1.807, 2.05) is 36.5 Å². The van der Waals surface area contributed by atoms with Crippen molar-refractivity contribution in [1.82, 2.24) is 4.98 Å². The van der Waals surface area contributed by atoms with Gasteiger partial charge < -0.3 is 0 Å². The summed E-state index contributed by atoms with van der Waals surface area (Å²) >= 11 is 5.59. The Hall–Kier alpha value is -1.34. The molecule has 14 heavy (non-hydrogen) atoms. The highest BCUT2D eigenvalue weighted by Gasteiger charge is 1.96. The van der Waals surface area contributed by atoms with Gasteiger partial charge in [0.2, 0.25) is 0 Å². The molecule has 0 amide bonds. The second-order valence-electron chi connectivity index (χ2n) is 2.97. The van der Waals surface area contributed by atoms with E-state index in [1.165, 1.54) is 5.39 Å². The van der Waals surface area contributed by atoms with Crippen LogP contribution in [0.15, 0.2) is 42.6 Å². The molecule has 70 valence electrons. The number of fused-ring (bicyclic) bond motifs is 1. The van der Waals surface area contributed by atoms with E-state index in [0.717, 1.165) is 11.1 Å². The third-order valence-electron chi connectivity index (χ3n) is 2.07. The maximum atomic E-state index is 5.59. The molecule has 0 unspecified atom stereocenters. The van der Waals surface area contributed by atoms with Crippen LogP contribution in [0.2, 0.25) is 0 Å². The van der Waals surface area contributed by atoms with E-state index in [0.29, 0.717) is 5.88 Å². The van der Waals surface area contributed by atoms with Gasteiger partial charge in [0.15, 0.2) is 0 Å². The Bertz CT molecular complexity index is 457. The van der Waals surface area contributed by atoms with Crippen LogP contribution in [0.1, 0.15) is 5.69 Å². The lowest BCUT2D eigenvalue weighted by atomic mass is 10.1. The molecule has 0 aliphatic carbocycles. The molecule has 0 fully saturated rings. The van der Waals surface area contributed by atoms with Crippen molar-refractivity contribution in [2.75, 3.05) is 5.88 Å². The Balaban J connectivity index is 2.59. The summed E-state index contributed by atoms with van der Waals surface area (Å²) in [5.41, 5.74) is 0.976. The summed E-state index contributed by atoms with van der Waals surface area (Å²) in [5.74, 6) is 0.519. The van der Waals surface area contributed by atoms with E-state index < -0.39 is 0 Å². The van der Waals surface area contributed by atoms with Crippen LogP contribution in [0, 0.1) is 0 Å². The number of nitrogens with zero attached hydrogens (tertiary/aromatic N) is 1. The molecule has 1 heterocycles. The predicted molar refractivity (Wildman–Crippen MR) is 61.5 cm³/mol. The number of alkyl halides is 1. The Morgan fingerprint density at radius 3 is 2.93 bits per heavy atom. The highest BCUT2D eigenvalue weighted by molar-refractivity contribution is 6.19. The van der Waals surface area contributed by atoms with Crippen molar-refractivity contribution in [2.24, 2.45) is 0 Å². The second kappa shape index (κ2) is 4.25. The number of benzene rings is 1. The third-order valence-corrected chi connectivity index (χ3v) is 2.25. The monoisotopic (exact) mass is 203 g/mol. The molecule has 1 aromatic carbocycles. The van der Waals surface area contributed by atoms with Gasteiger partial charge in [-0.15, -0.1) is 11.6 Å². The molecule has 0 N–H and O–H groups in total. The van der Waals surface area contributed by atoms with Gasteiger partial charge in [-0.25, -0.2) is 0 Å². The molecule has 2 aromatic rings. The largest absolute Gasteiger partial charge is 0.256 e. The van der Waals surface area contributed by atoms with Gasteiger partial charge in [-0.2, -0.15) is 0 Å². The summed E-state index contributed by atoms with van der Waals surface area (Å²) < 4.78 is 0. The SMILES string of the molecule is ClCC=Cc1nccc2ccccc12. The minimum absolute atomic E-state index is 0.519. The lowest BCUT2D eigenvalue weighted by Gasteiger charge is -1.99. The maximum absolute atomic E-state index is 5.59. The van der Waals surface area contributed by atoms with Gasteiger partial charge in [-0.05, 0) is 17.5 Å². The molecular weight excluding hydrogens is 194 g/mol. The van der Waals surface area contributed by atoms with Crippen molar-refractivity contribution >= 4 is 28.4 Å². The van der Waals surface area contributed by atoms with Crippen LogP contribution in [-0.4, -0.2) is 10.9 Å². The summed E-state index contributed by atoms with van der Waals surface area (Å²) in [6.45, 7) is 0. The third kappa shape index (κ3) is 1.78. The van der Waals surface area contributed by atoms with Crippen LogP contribution < -0.4 is 0 Å². The molecule has 0 aliphatic rings. The van der Waals surface area contributed by atoms with Crippen molar-refractivity contribution in [2.45, 2.75) is 0 Å². The number of pyridine rings is 1. The fourth-order valence-corrected chi connectivity index (χ4v) is 1.52. The van der Waals surface area contributed by atoms with Gasteiger partial charge in [0.25, 0.3) is 0 Å². The van der Waals surface area contributed by atoms with Gasteiger partial charge >= 0.3 is 0 Å². The molecule has 1 nitrogen and oxygen atoms in total. The summed E-state index contributed by atoms with van der Waals surface area (Å²) in [5, 5.41) is 2.37. The van der Waals surface area contributed by atoms with Crippen LogP contribution in [0.25, 0.3) is 16.8 Å². The molecule has 2 rings (SSSR count). The number of halogens is 1. The molecular formula is C12H10ClN. The molecule has 0 radical (unpaired) electrons. The number of hydrogen-bond donors (Lipinski definition) is 0. The Morgan fingerprint density at radius 1 is 1.21 bits per heavy atom. The van der Waals surface area contributed by atoms with Gasteiger partial charge in [0.1, 0.15) is 0 Å². The van der Waals surface area contributed by atoms with Crippen molar-refractivity contribution in [3.8, 4) is 0 Å². The Kier molecular flexibility index (Phi) is 2.80. The molecule has 0 bridgehead atoms. The van der Waals surface area contributed by atoms with E-state index >= 15 is 0 Å². The average molecular weight is 204 g/mol. The van der Waals surface area contributed by atoms with E-state index in [4.69, 9.17) is 11.6 Å². The first-order valence-corrected chi connectivity index (χ1v) is 5.01. The van der Waals surface area contributed by atoms with Gasteiger partial charge in [-0.1, -0.05) is 30.3 Å². The maximum Gasteiger partial charge on any atom is 0.0705 e. The minimum Gasteiger partial charge on any atom is -0.256 e. The summed E-state index contributed by atoms with van der Waals surface area (Å²) in [6, 6.07) is 10.2. The smallest absolute Gasteiger partial charge is 0.0705 e. The topological polar surface area (TPSA) is 12.9 Å². The normalized spacial score (nSPS) is 11.2. The summed E-state index contributed by atoms with van der Waals surface area (Å²) in [7, 11) is 0. The molecule has 2 heteroatoms. The Morgan fingerprint density at radius 2 is 2.07 bits per heavy atom. The van der Waals surface area contributed by atoms with Crippen LogP contribution in [0.3, 0.4) is 0 Å². The second-order valence-corrected chi connectivity index (χ2v) is 3.28. The average Bonchev–Trinajstić information content (AvgIpc) is 2.26. The zero-order valence-electron chi connectivity index (χ0n) is 7.65. The zero-order chi connectivity index (χ0) is 9.80. The quantitative estimate of drug-likeness (QED) is 0.681. The fraction of sp³-hybridized carbons (Fsp3) is 0.0833. The summed E-state index contributed by atoms with van der Waals surface area (Å²) in [4.78, 5) is 4.30. The van der Waals surface area contributed by atoms with Crippen molar-refractivity contribution in [1.29, 1.82) is 0 Å². The molecule has 0 saturated carbocycles. The van der Waals surface area contributed by atoms with Crippen molar-refractivity contribution in [3.63, 3.8) is 0 Å². The molecule has 0 atom stereocenters. The van der Waals surface area contributed by atoms with Crippen molar-refractivity contribution in [3.05, 3.63) is 48.3 Å². The lowest BCUT2D eigenvalue weighted by molar-refractivity contribution is 1.33. The van der Waals surface area contributed by atoms with Crippen molar-refractivity contribution < 1.29 is 0 Å². The first kappa shape index (κ1) is 9.22. The first-order chi connectivity index (χ1) is 6.92. The highest BCUT2D eigenvalue weighted by Crippen LogP contribution is 2.17. The number of allylic oxidation sites excluding steroid dienone is 1. The molecule has 1 aromatic heterocycles. The fourth-order valence-electron chi connectivity index (χ4n) is 1.43. The molecule has 0 spiro atoms. The van der Waals surface area contributed by atoms with Crippen LogP contribution in [-0.2, 0) is 0 Å². The van der Waals surface area contributed by atoms with E-state index in [9.17, 15) is 0 Å². The predicted octanol–water partition coefficient (Wildman–Crippen LogP) is 3.49. The molecule has 0 aliphatic heterocycles. The number of hydrogen-bond acceptors (Lipinski definition) is 1. The van der Waals surface area contributed by atoms with Crippen LogP contribution in [0.4, 0.5) is 0 Å². The first-order valence-electron chi connectivity index (χ1n) is 4.48. The summed E-state index contributed by atoms with van der Waals surface area (Å²) in [6.07, 6.45) is 5.67. The van der Waals surface area contributed by atoms with E-state index in [1.54, 1.807) is 0 Å². The van der Waals surface area contributed by atoms with Crippen LogP contribution >= 0.6 is 11.6 Å². The standard InChI is InChI=1S/C12H10ClN/c13-8-3-6-12-11-5-2-1-4-10(11)7-9-14-12/h1-7,9H,8H2. The number of rotatable bonds is 2. The van der Waals surface area contributed by atoms with Gasteiger partial charge in [-0.3, -0.25) is 4.98 Å². The van der Waals surface area contributed by atoms with Gasteiger partial charge in [0, 0.05) is 17.5 Å². The minimum atomic E-state index is 0.519. The zero-order valence-corrected chi connectivity index (χ0v) is 8.41. The van der Waals surface area contributed by atoms with E-state index in [-0.39, 0.29) is 0 Å². The Labute approximate surface area is 88.0 Å². The lowest BCUT2D eigenvalue weighted by Crippen LogP contribution is -1.82. The van der Waals surface area contributed by atoms with Crippen LogP contribution in [0.5, 0.6) is 0 Å². The highest BCUT2D eigenvalue weighted by atomic mass is 35.5. The molecule has 0 saturated heterocycles. The van der Waals surface area contributed by atoms with E-state index in [2.05, 4.69) is 17.1 Å².